The lowest BCUT2D eigenvalue weighted by atomic mass is 9.97. The number of ether oxygens (including phenoxy) is 1. The van der Waals surface area contributed by atoms with Crippen LogP contribution in [0.4, 0.5) is 0 Å². The van der Waals surface area contributed by atoms with E-state index in [9.17, 15) is 4.79 Å². The third kappa shape index (κ3) is 9.23. The predicted molar refractivity (Wildman–Crippen MR) is 137 cm³/mol. The predicted octanol–water partition coefficient (Wildman–Crippen LogP) is 6.14. The minimum Gasteiger partial charge on any atom is -0.469 e. The Bertz CT molecular complexity index is 857. The molecule has 2 heterocycles. The Morgan fingerprint density at radius 2 is 1.94 bits per heavy atom. The molecule has 176 valence electrons. The maximum Gasteiger partial charge on any atom is 0.302 e. The fourth-order valence-electron chi connectivity index (χ4n) is 2.96. The van der Waals surface area contributed by atoms with Gasteiger partial charge in [0.05, 0.1) is 19.3 Å². The fraction of sp³-hybridized carbons (Fsp3) is 0.440. The van der Waals surface area contributed by atoms with Gasteiger partial charge in [0.1, 0.15) is 0 Å². The van der Waals surface area contributed by atoms with Gasteiger partial charge in [0.25, 0.3) is 0 Å². The first-order valence-corrected chi connectivity index (χ1v) is 12.3. The van der Waals surface area contributed by atoms with Gasteiger partial charge in [0.2, 0.25) is 0 Å². The lowest BCUT2D eigenvalue weighted by Crippen LogP contribution is -2.27. The van der Waals surface area contributed by atoms with E-state index in [0.717, 1.165) is 36.8 Å². The molecule has 2 N–H and O–H groups in total. The topological polar surface area (TPSA) is 63.3 Å². The molecule has 32 heavy (non-hydrogen) atoms. The molecule has 0 aliphatic carbocycles. The van der Waals surface area contributed by atoms with Gasteiger partial charge >= 0.3 is 5.97 Å². The van der Waals surface area contributed by atoms with Crippen LogP contribution in [0.15, 0.2) is 53.2 Å². The lowest BCUT2D eigenvalue weighted by Gasteiger charge is -2.28. The zero-order chi connectivity index (χ0) is 23.9. The molecule has 0 saturated carbocycles. The van der Waals surface area contributed by atoms with E-state index in [2.05, 4.69) is 52.4 Å². The Hall–Kier alpha value is -2.02. The molecule has 7 heteroatoms. The molecule has 1 aliphatic heterocycles. The van der Waals surface area contributed by atoms with Crippen molar-refractivity contribution in [3.63, 3.8) is 0 Å². The van der Waals surface area contributed by atoms with Crippen LogP contribution in [0.3, 0.4) is 0 Å². The van der Waals surface area contributed by atoms with E-state index in [4.69, 9.17) is 11.6 Å². The second kappa shape index (κ2) is 15.7. The number of allylic oxidation sites excluding steroid dienone is 1. The van der Waals surface area contributed by atoms with E-state index in [1.807, 2.05) is 38.2 Å². The SMILES string of the molecule is CC.CCNCCC(C)C1=C(Sc2ccc(Cl)cc2)c2cccnc2CN1.COC(C)=O. The number of aromatic nitrogens is 1. The first-order valence-electron chi connectivity index (χ1n) is 11.1. The summed E-state index contributed by atoms with van der Waals surface area (Å²) in [5.41, 5.74) is 3.67. The van der Waals surface area contributed by atoms with Gasteiger partial charge in [0.15, 0.2) is 0 Å². The fourth-order valence-corrected chi connectivity index (χ4v) is 4.27. The number of pyridine rings is 1. The summed E-state index contributed by atoms with van der Waals surface area (Å²) in [6, 6.07) is 12.2. The summed E-state index contributed by atoms with van der Waals surface area (Å²) >= 11 is 7.82. The normalized spacial score (nSPS) is 12.8. The number of rotatable bonds is 7. The number of carbonyl (C=O) groups is 1. The van der Waals surface area contributed by atoms with Crippen LogP contribution in [0.1, 0.15) is 52.3 Å². The van der Waals surface area contributed by atoms with Crippen LogP contribution in [0.25, 0.3) is 4.91 Å². The molecule has 1 unspecified atom stereocenters. The van der Waals surface area contributed by atoms with Crippen LogP contribution in [-0.2, 0) is 16.1 Å². The molecule has 2 aromatic rings. The number of nitrogens with zero attached hydrogens (tertiary/aromatic N) is 1. The summed E-state index contributed by atoms with van der Waals surface area (Å²) in [6.45, 7) is 12.6. The minimum atomic E-state index is -0.245. The van der Waals surface area contributed by atoms with Crippen molar-refractivity contribution in [3.05, 3.63) is 64.6 Å². The van der Waals surface area contributed by atoms with Crippen LogP contribution < -0.4 is 10.6 Å². The summed E-state index contributed by atoms with van der Waals surface area (Å²) < 4.78 is 4.11. The van der Waals surface area contributed by atoms with Gasteiger partial charge in [-0.15, -0.1) is 0 Å². The molecule has 3 rings (SSSR count). The Labute approximate surface area is 202 Å². The molecule has 0 saturated heterocycles. The molecule has 1 atom stereocenters. The molecule has 1 aromatic heterocycles. The van der Waals surface area contributed by atoms with Crippen LogP contribution in [0, 0.1) is 5.92 Å². The molecule has 0 bridgehead atoms. The van der Waals surface area contributed by atoms with Crippen LogP contribution >= 0.6 is 23.4 Å². The van der Waals surface area contributed by atoms with Gasteiger partial charge in [-0.2, -0.15) is 0 Å². The van der Waals surface area contributed by atoms with E-state index >= 15 is 0 Å². The van der Waals surface area contributed by atoms with Gasteiger partial charge in [-0.25, -0.2) is 0 Å². The Kier molecular flexibility index (Phi) is 13.8. The number of hydrogen-bond acceptors (Lipinski definition) is 6. The van der Waals surface area contributed by atoms with Crippen molar-refractivity contribution in [2.24, 2.45) is 5.92 Å². The molecular formula is C25H36ClN3O2S. The number of hydrogen-bond donors (Lipinski definition) is 2. The second-order valence-electron chi connectivity index (χ2n) is 6.89. The lowest BCUT2D eigenvalue weighted by molar-refractivity contribution is -0.137. The summed E-state index contributed by atoms with van der Waals surface area (Å²) in [6.07, 6.45) is 2.97. The quantitative estimate of drug-likeness (QED) is 0.369. The molecule has 5 nitrogen and oxygen atoms in total. The molecular weight excluding hydrogens is 442 g/mol. The zero-order valence-corrected chi connectivity index (χ0v) is 21.6. The number of carbonyl (C=O) groups excluding carboxylic acids is 1. The number of esters is 1. The van der Waals surface area contributed by atoms with Gasteiger partial charge < -0.3 is 15.4 Å². The highest BCUT2D eigenvalue weighted by Gasteiger charge is 2.23. The summed E-state index contributed by atoms with van der Waals surface area (Å²) in [7, 11) is 1.35. The molecule has 1 aromatic carbocycles. The van der Waals surface area contributed by atoms with Gasteiger partial charge in [-0.1, -0.05) is 57.1 Å². The van der Waals surface area contributed by atoms with Crippen molar-refractivity contribution >= 4 is 34.2 Å². The second-order valence-corrected chi connectivity index (χ2v) is 8.41. The maximum atomic E-state index is 9.59. The number of nitrogens with one attached hydrogen (secondary N) is 2. The molecule has 0 radical (unpaired) electrons. The van der Waals surface area contributed by atoms with Gasteiger partial charge in [-0.05, 0) is 55.8 Å². The highest BCUT2D eigenvalue weighted by molar-refractivity contribution is 8.08. The zero-order valence-electron chi connectivity index (χ0n) is 20.0. The summed E-state index contributed by atoms with van der Waals surface area (Å²) in [5, 5.41) is 7.82. The maximum absolute atomic E-state index is 9.59. The first kappa shape index (κ1) is 28.0. The Morgan fingerprint density at radius 1 is 1.28 bits per heavy atom. The van der Waals surface area contributed by atoms with Crippen molar-refractivity contribution in [2.45, 2.75) is 52.5 Å². The summed E-state index contributed by atoms with van der Waals surface area (Å²) in [5.74, 6) is 0.215. The Balaban J connectivity index is 0.000000646. The summed E-state index contributed by atoms with van der Waals surface area (Å²) in [4.78, 5) is 16.6. The first-order chi connectivity index (χ1) is 15.5. The number of thioether (sulfide) groups is 1. The Morgan fingerprint density at radius 3 is 2.53 bits per heavy atom. The average Bonchev–Trinajstić information content (AvgIpc) is 2.82. The van der Waals surface area contributed by atoms with Crippen LogP contribution in [0.5, 0.6) is 0 Å². The van der Waals surface area contributed by atoms with E-state index in [1.54, 1.807) is 11.8 Å². The number of fused-ring (bicyclic) bond motifs is 1. The molecule has 1 aliphatic rings. The highest BCUT2D eigenvalue weighted by Crippen LogP contribution is 2.41. The minimum absolute atomic E-state index is 0.245. The molecule has 0 spiro atoms. The van der Waals surface area contributed by atoms with Gasteiger partial charge in [0, 0.05) is 39.2 Å². The van der Waals surface area contributed by atoms with Crippen molar-refractivity contribution in [1.29, 1.82) is 0 Å². The van der Waals surface area contributed by atoms with Crippen LogP contribution in [0.2, 0.25) is 5.02 Å². The monoisotopic (exact) mass is 477 g/mol. The smallest absolute Gasteiger partial charge is 0.302 e. The average molecular weight is 478 g/mol. The number of methoxy groups -OCH3 is 1. The van der Waals surface area contributed by atoms with E-state index < -0.39 is 0 Å². The van der Waals surface area contributed by atoms with E-state index in [-0.39, 0.29) is 5.97 Å². The molecule has 0 fully saturated rings. The third-order valence-corrected chi connectivity index (χ3v) is 6.05. The third-order valence-electron chi connectivity index (χ3n) is 4.64. The largest absolute Gasteiger partial charge is 0.469 e. The standard InChI is InChI=1S/C20H24ClN3S.C3H6O2.C2H6/c1-3-22-12-10-14(2)19-20(25-16-8-6-15(21)7-9-16)17-5-4-11-23-18(17)13-24-19;1-3(4)5-2;1-2/h4-9,11,14,22,24H,3,10,12-13H2,1-2H3;1-2H3;1-2H3. The van der Waals surface area contributed by atoms with Crippen LogP contribution in [-0.4, -0.2) is 31.2 Å². The highest BCUT2D eigenvalue weighted by atomic mass is 35.5. The van der Waals surface area contributed by atoms with Gasteiger partial charge in [-0.3, -0.25) is 9.78 Å². The van der Waals surface area contributed by atoms with Crippen molar-refractivity contribution in [1.82, 2.24) is 15.6 Å². The van der Waals surface area contributed by atoms with E-state index in [0.29, 0.717) is 5.92 Å². The van der Waals surface area contributed by atoms with Crippen molar-refractivity contribution < 1.29 is 9.53 Å². The van der Waals surface area contributed by atoms with E-state index in [1.165, 1.54) is 35.1 Å². The van der Waals surface area contributed by atoms with Crippen molar-refractivity contribution in [3.8, 4) is 0 Å². The number of benzene rings is 1. The molecule has 0 amide bonds. The van der Waals surface area contributed by atoms with Crippen molar-refractivity contribution in [2.75, 3.05) is 20.2 Å². The number of halogens is 1.